The molecule has 0 spiro atoms. The molecule has 2 aliphatic rings. The maximum atomic E-state index is 6.24. The standard InChI is InChI=1S/C33H33N5O/c1-2-9-28(10-3-1)39-31-13-5-4-11-29(31)30-12-8-14-32-35-33(36-38(30)32)34-26-18-15-24-16-19-27(20-17-25(24)23-26)37-21-6-7-22-37/h1-5,8-15,18,23,27H,6-7,16-17,19-22H2,(H,34,36)/t27-/m0/s1. The molecular formula is C33H33N5O. The minimum atomic E-state index is 0.590. The number of pyridine rings is 1. The van der Waals surface area contributed by atoms with Gasteiger partial charge in [0.2, 0.25) is 5.95 Å². The molecular weight excluding hydrogens is 482 g/mol. The van der Waals surface area contributed by atoms with Gasteiger partial charge in [-0.3, -0.25) is 0 Å². The molecule has 1 aliphatic heterocycles. The number of hydrogen-bond acceptors (Lipinski definition) is 5. The average molecular weight is 516 g/mol. The molecule has 1 fully saturated rings. The van der Waals surface area contributed by atoms with E-state index in [-0.39, 0.29) is 0 Å². The summed E-state index contributed by atoms with van der Waals surface area (Å²) in [6.07, 6.45) is 7.53. The Morgan fingerprint density at radius 3 is 2.44 bits per heavy atom. The maximum Gasteiger partial charge on any atom is 0.247 e. The molecule has 0 saturated carbocycles. The van der Waals surface area contributed by atoms with Crippen molar-refractivity contribution in [3.63, 3.8) is 0 Å². The molecule has 3 aromatic carbocycles. The topological polar surface area (TPSA) is 54.7 Å². The third-order valence-electron chi connectivity index (χ3n) is 8.11. The number of aromatic nitrogens is 3. The molecule has 1 atom stereocenters. The largest absolute Gasteiger partial charge is 0.457 e. The highest BCUT2D eigenvalue weighted by molar-refractivity contribution is 5.71. The van der Waals surface area contributed by atoms with Crippen LogP contribution in [0.5, 0.6) is 11.5 Å². The van der Waals surface area contributed by atoms with Crippen molar-refractivity contribution in [1.29, 1.82) is 0 Å². The van der Waals surface area contributed by atoms with Gasteiger partial charge in [-0.15, -0.1) is 5.10 Å². The highest BCUT2D eigenvalue weighted by Crippen LogP contribution is 2.34. The minimum Gasteiger partial charge on any atom is -0.457 e. The second kappa shape index (κ2) is 10.5. The van der Waals surface area contributed by atoms with E-state index in [0.29, 0.717) is 5.95 Å². The zero-order valence-electron chi connectivity index (χ0n) is 22.1. The molecule has 0 bridgehead atoms. The SMILES string of the molecule is c1ccc(Oc2ccccc2-c2cccc3nc(Nc4ccc5c(c4)CC[C@@H](N4CCCC4)CC5)nn23)cc1. The van der Waals surface area contributed by atoms with E-state index in [1.165, 1.54) is 49.9 Å². The summed E-state index contributed by atoms with van der Waals surface area (Å²) in [5.74, 6) is 2.17. The van der Waals surface area contributed by atoms with Crippen molar-refractivity contribution in [3.05, 3.63) is 102 Å². The van der Waals surface area contributed by atoms with Gasteiger partial charge in [-0.1, -0.05) is 42.5 Å². The first-order chi connectivity index (χ1) is 19.3. The van der Waals surface area contributed by atoms with Gasteiger partial charge in [0.25, 0.3) is 0 Å². The number of fused-ring (bicyclic) bond motifs is 2. The Kier molecular flexibility index (Phi) is 6.47. The molecule has 39 heavy (non-hydrogen) atoms. The third kappa shape index (κ3) is 5.00. The molecule has 6 heteroatoms. The van der Waals surface area contributed by atoms with Gasteiger partial charge in [0, 0.05) is 17.3 Å². The first-order valence-corrected chi connectivity index (χ1v) is 14.1. The van der Waals surface area contributed by atoms with E-state index in [0.717, 1.165) is 53.0 Å². The molecule has 0 radical (unpaired) electrons. The fourth-order valence-corrected chi connectivity index (χ4v) is 6.11. The second-order valence-corrected chi connectivity index (χ2v) is 10.6. The number of para-hydroxylation sites is 2. The minimum absolute atomic E-state index is 0.590. The van der Waals surface area contributed by atoms with E-state index < -0.39 is 0 Å². The zero-order valence-corrected chi connectivity index (χ0v) is 22.1. The normalized spacial score (nSPS) is 17.6. The van der Waals surface area contributed by atoms with Gasteiger partial charge in [-0.25, -0.2) is 4.52 Å². The summed E-state index contributed by atoms with van der Waals surface area (Å²) in [6, 6.07) is 31.5. The van der Waals surface area contributed by atoms with E-state index in [4.69, 9.17) is 14.8 Å². The quantitative estimate of drug-likeness (QED) is 0.241. The van der Waals surface area contributed by atoms with Gasteiger partial charge in [-0.2, -0.15) is 4.98 Å². The number of benzene rings is 3. The van der Waals surface area contributed by atoms with E-state index in [1.54, 1.807) is 0 Å². The molecule has 0 amide bonds. The molecule has 1 aliphatic carbocycles. The first-order valence-electron chi connectivity index (χ1n) is 14.1. The Hall–Kier alpha value is -4.16. The van der Waals surface area contributed by atoms with Crippen molar-refractivity contribution in [2.75, 3.05) is 18.4 Å². The highest BCUT2D eigenvalue weighted by Gasteiger charge is 2.24. The van der Waals surface area contributed by atoms with Crippen molar-refractivity contribution in [2.45, 2.75) is 44.6 Å². The molecule has 5 aromatic rings. The molecule has 7 rings (SSSR count). The van der Waals surface area contributed by atoms with Gasteiger partial charge in [0.15, 0.2) is 5.65 Å². The number of aryl methyl sites for hydroxylation is 2. The lowest BCUT2D eigenvalue weighted by Gasteiger charge is -2.25. The molecule has 0 unspecified atom stereocenters. The maximum absolute atomic E-state index is 6.24. The van der Waals surface area contributed by atoms with Gasteiger partial charge < -0.3 is 15.0 Å². The Balaban J connectivity index is 1.14. The summed E-state index contributed by atoms with van der Waals surface area (Å²) in [5, 5.41) is 8.34. The smallest absolute Gasteiger partial charge is 0.247 e. The van der Waals surface area contributed by atoms with Crippen molar-refractivity contribution in [2.24, 2.45) is 0 Å². The highest BCUT2D eigenvalue weighted by atomic mass is 16.5. The Morgan fingerprint density at radius 1 is 0.769 bits per heavy atom. The Labute approximate surface area is 229 Å². The van der Waals surface area contributed by atoms with Crippen molar-refractivity contribution in [1.82, 2.24) is 19.5 Å². The summed E-state index contributed by atoms with van der Waals surface area (Å²) in [7, 11) is 0. The van der Waals surface area contributed by atoms with Crippen LogP contribution in [0.15, 0.2) is 91.0 Å². The number of nitrogens with one attached hydrogen (secondary N) is 1. The van der Waals surface area contributed by atoms with Gasteiger partial charge >= 0.3 is 0 Å². The fourth-order valence-electron chi connectivity index (χ4n) is 6.11. The monoisotopic (exact) mass is 515 g/mol. The van der Waals surface area contributed by atoms with E-state index >= 15 is 0 Å². The number of anilines is 2. The second-order valence-electron chi connectivity index (χ2n) is 10.6. The Bertz CT molecular complexity index is 1590. The van der Waals surface area contributed by atoms with Gasteiger partial charge in [0.05, 0.1) is 5.69 Å². The van der Waals surface area contributed by atoms with Crippen LogP contribution >= 0.6 is 0 Å². The third-order valence-corrected chi connectivity index (χ3v) is 8.11. The molecule has 1 N–H and O–H groups in total. The zero-order chi connectivity index (χ0) is 26.0. The Morgan fingerprint density at radius 2 is 1.56 bits per heavy atom. The average Bonchev–Trinajstić information content (AvgIpc) is 3.60. The molecule has 2 aromatic heterocycles. The lowest BCUT2D eigenvalue weighted by Crippen LogP contribution is -2.32. The molecule has 1 saturated heterocycles. The summed E-state index contributed by atoms with van der Waals surface area (Å²) >= 11 is 0. The van der Waals surface area contributed by atoms with E-state index in [2.05, 4.69) is 40.5 Å². The fraction of sp³-hybridized carbons (Fsp3) is 0.273. The van der Waals surface area contributed by atoms with Crippen LogP contribution in [0.4, 0.5) is 11.6 Å². The van der Waals surface area contributed by atoms with Gasteiger partial charge in [0.1, 0.15) is 11.5 Å². The summed E-state index contributed by atoms with van der Waals surface area (Å²) in [5.41, 5.74) is 6.66. The van der Waals surface area contributed by atoms with E-state index in [9.17, 15) is 0 Å². The lowest BCUT2D eigenvalue weighted by molar-refractivity contribution is 0.222. The van der Waals surface area contributed by atoms with E-state index in [1.807, 2.05) is 65.2 Å². The summed E-state index contributed by atoms with van der Waals surface area (Å²) in [4.78, 5) is 7.51. The predicted molar refractivity (Wildman–Crippen MR) is 156 cm³/mol. The first kappa shape index (κ1) is 23.9. The van der Waals surface area contributed by atoms with Crippen LogP contribution in [0.2, 0.25) is 0 Å². The van der Waals surface area contributed by atoms with Crippen LogP contribution in [0.25, 0.3) is 16.9 Å². The van der Waals surface area contributed by atoms with Gasteiger partial charge in [-0.05, 0) is 111 Å². The van der Waals surface area contributed by atoms with Crippen molar-refractivity contribution in [3.8, 4) is 22.8 Å². The predicted octanol–water partition coefficient (Wildman–Crippen LogP) is 7.28. The molecule has 6 nitrogen and oxygen atoms in total. The summed E-state index contributed by atoms with van der Waals surface area (Å²) < 4.78 is 8.13. The van der Waals surface area contributed by atoms with Crippen LogP contribution in [0.1, 0.15) is 36.8 Å². The number of likely N-dealkylation sites (tertiary alicyclic amines) is 1. The number of rotatable bonds is 6. The van der Waals surface area contributed by atoms with Crippen LogP contribution in [0.3, 0.4) is 0 Å². The molecule has 3 heterocycles. The summed E-state index contributed by atoms with van der Waals surface area (Å²) in [6.45, 7) is 2.55. The van der Waals surface area contributed by atoms with Crippen LogP contribution in [-0.4, -0.2) is 38.6 Å². The number of hydrogen-bond donors (Lipinski definition) is 1. The lowest BCUT2D eigenvalue weighted by atomic mass is 10.0. The van der Waals surface area contributed by atoms with Crippen LogP contribution in [0, 0.1) is 0 Å². The number of ether oxygens (including phenoxy) is 1. The number of nitrogens with zero attached hydrogens (tertiary/aromatic N) is 4. The van der Waals surface area contributed by atoms with Crippen LogP contribution < -0.4 is 10.1 Å². The van der Waals surface area contributed by atoms with Crippen LogP contribution in [-0.2, 0) is 12.8 Å². The van der Waals surface area contributed by atoms with Crippen molar-refractivity contribution < 1.29 is 4.74 Å². The van der Waals surface area contributed by atoms with Crippen molar-refractivity contribution >= 4 is 17.3 Å². The molecule has 196 valence electrons.